The molecule has 134 valence electrons. The molecular formula is C22H17ClN2OS. The summed E-state index contributed by atoms with van der Waals surface area (Å²) in [6.45, 7) is 3.47. The number of pyridine rings is 1. The fourth-order valence-corrected chi connectivity index (χ4v) is 5.22. The average molecular weight is 393 g/mol. The number of amides is 1. The summed E-state index contributed by atoms with van der Waals surface area (Å²) in [4.78, 5) is 20.3. The highest BCUT2D eigenvalue weighted by atomic mass is 35.5. The van der Waals surface area contributed by atoms with Crippen molar-refractivity contribution >= 4 is 49.8 Å². The van der Waals surface area contributed by atoms with Crippen LogP contribution in [-0.2, 0) is 13.0 Å². The van der Waals surface area contributed by atoms with Crippen molar-refractivity contribution in [2.24, 2.45) is 0 Å². The zero-order chi connectivity index (χ0) is 18.5. The molecule has 5 heteroatoms. The molecule has 0 fully saturated rings. The number of thiophene rings is 1. The number of carbonyl (C=O) groups is 1. The molecule has 0 spiro atoms. The first-order valence-electron chi connectivity index (χ1n) is 8.95. The van der Waals surface area contributed by atoms with E-state index in [9.17, 15) is 4.79 Å². The standard InChI is InChI=1S/C22H17ClN2OS/c1-13-6-7-18-16(10-13)20-17(21(23)24-18)11-19(27-20)22(26)25-9-8-14-4-2-3-5-15(14)12-25/h2-7,10-11H,8-9,12H2,1H3. The Kier molecular flexibility index (Phi) is 3.92. The molecule has 2 aromatic carbocycles. The number of aryl methyl sites for hydroxylation is 1. The van der Waals surface area contributed by atoms with Crippen molar-refractivity contribution in [3.8, 4) is 0 Å². The second kappa shape index (κ2) is 6.32. The van der Waals surface area contributed by atoms with Crippen molar-refractivity contribution in [1.29, 1.82) is 0 Å². The van der Waals surface area contributed by atoms with Crippen LogP contribution < -0.4 is 0 Å². The summed E-state index contributed by atoms with van der Waals surface area (Å²) in [5.74, 6) is 0.0718. The van der Waals surface area contributed by atoms with E-state index in [2.05, 4.69) is 36.2 Å². The molecule has 0 saturated heterocycles. The van der Waals surface area contributed by atoms with Crippen LogP contribution in [0.25, 0.3) is 21.0 Å². The number of benzene rings is 2. The normalized spacial score (nSPS) is 13.9. The maximum absolute atomic E-state index is 13.2. The maximum Gasteiger partial charge on any atom is 0.264 e. The van der Waals surface area contributed by atoms with E-state index >= 15 is 0 Å². The highest BCUT2D eigenvalue weighted by molar-refractivity contribution is 7.21. The van der Waals surface area contributed by atoms with Crippen LogP contribution in [0.5, 0.6) is 0 Å². The molecule has 0 atom stereocenters. The average Bonchev–Trinajstić information content (AvgIpc) is 3.14. The molecule has 4 aromatic rings. The summed E-state index contributed by atoms with van der Waals surface area (Å²) < 4.78 is 1.04. The molecular weight excluding hydrogens is 376 g/mol. The van der Waals surface area contributed by atoms with Crippen LogP contribution in [0.1, 0.15) is 26.4 Å². The summed E-state index contributed by atoms with van der Waals surface area (Å²) in [6.07, 6.45) is 0.900. The predicted octanol–water partition coefficient (Wildman–Crippen LogP) is 5.61. The van der Waals surface area contributed by atoms with Gasteiger partial charge in [-0.15, -0.1) is 11.3 Å². The quantitative estimate of drug-likeness (QED) is 0.394. The molecule has 1 amide bonds. The molecule has 0 saturated carbocycles. The van der Waals surface area contributed by atoms with Gasteiger partial charge < -0.3 is 4.90 Å². The van der Waals surface area contributed by atoms with E-state index in [1.165, 1.54) is 28.0 Å². The van der Waals surface area contributed by atoms with Gasteiger partial charge in [0.25, 0.3) is 5.91 Å². The van der Waals surface area contributed by atoms with Gasteiger partial charge in [0.2, 0.25) is 0 Å². The van der Waals surface area contributed by atoms with Crippen molar-refractivity contribution in [1.82, 2.24) is 9.88 Å². The Morgan fingerprint density at radius 3 is 2.78 bits per heavy atom. The lowest BCUT2D eigenvalue weighted by atomic mass is 10.00. The van der Waals surface area contributed by atoms with Gasteiger partial charge in [0.15, 0.2) is 0 Å². The van der Waals surface area contributed by atoms with Crippen LogP contribution in [0.15, 0.2) is 48.5 Å². The Morgan fingerprint density at radius 2 is 1.93 bits per heavy atom. The summed E-state index contributed by atoms with van der Waals surface area (Å²) in [7, 11) is 0. The first-order chi connectivity index (χ1) is 13.1. The number of hydrogen-bond donors (Lipinski definition) is 0. The number of aromatic nitrogens is 1. The number of hydrogen-bond acceptors (Lipinski definition) is 3. The monoisotopic (exact) mass is 392 g/mol. The van der Waals surface area contributed by atoms with Gasteiger partial charge in [-0.05, 0) is 42.7 Å². The topological polar surface area (TPSA) is 33.2 Å². The third kappa shape index (κ3) is 2.80. The number of carbonyl (C=O) groups excluding carboxylic acids is 1. The maximum atomic E-state index is 13.2. The Bertz CT molecular complexity index is 1210. The second-order valence-electron chi connectivity index (χ2n) is 7.02. The Hall–Kier alpha value is -2.43. The number of halogens is 1. The fraction of sp³-hybridized carbons (Fsp3) is 0.182. The summed E-state index contributed by atoms with van der Waals surface area (Å²) in [5, 5.41) is 2.38. The zero-order valence-corrected chi connectivity index (χ0v) is 16.4. The van der Waals surface area contributed by atoms with Gasteiger partial charge in [-0.3, -0.25) is 4.79 Å². The minimum absolute atomic E-state index is 0.0718. The molecule has 0 radical (unpaired) electrons. The molecule has 1 aliphatic heterocycles. The highest BCUT2D eigenvalue weighted by Gasteiger charge is 2.24. The Labute approximate surface area is 166 Å². The lowest BCUT2D eigenvalue weighted by Gasteiger charge is -2.28. The van der Waals surface area contributed by atoms with Gasteiger partial charge in [0, 0.05) is 28.6 Å². The first kappa shape index (κ1) is 16.7. The minimum Gasteiger partial charge on any atom is -0.333 e. The summed E-state index contributed by atoms with van der Waals surface area (Å²) in [6, 6.07) is 16.4. The Balaban J connectivity index is 1.57. The van der Waals surface area contributed by atoms with E-state index in [0.717, 1.165) is 38.8 Å². The van der Waals surface area contributed by atoms with Gasteiger partial charge >= 0.3 is 0 Å². The number of rotatable bonds is 1. The van der Waals surface area contributed by atoms with Crippen molar-refractivity contribution in [3.05, 3.63) is 75.3 Å². The third-order valence-electron chi connectivity index (χ3n) is 5.20. The van der Waals surface area contributed by atoms with E-state index in [4.69, 9.17) is 11.6 Å². The minimum atomic E-state index is 0.0718. The van der Waals surface area contributed by atoms with Gasteiger partial charge in [-0.2, -0.15) is 0 Å². The van der Waals surface area contributed by atoms with Crippen LogP contribution >= 0.6 is 22.9 Å². The van der Waals surface area contributed by atoms with Crippen molar-refractivity contribution in [2.75, 3.05) is 6.54 Å². The molecule has 0 unspecified atom stereocenters. The summed E-state index contributed by atoms with van der Waals surface area (Å²) >= 11 is 7.93. The third-order valence-corrected chi connectivity index (χ3v) is 6.64. The van der Waals surface area contributed by atoms with E-state index in [0.29, 0.717) is 11.7 Å². The molecule has 0 bridgehead atoms. The van der Waals surface area contributed by atoms with Gasteiger partial charge in [-0.1, -0.05) is 47.5 Å². The second-order valence-corrected chi connectivity index (χ2v) is 8.43. The highest BCUT2D eigenvalue weighted by Crippen LogP contribution is 2.37. The van der Waals surface area contributed by atoms with Gasteiger partial charge in [-0.25, -0.2) is 4.98 Å². The molecule has 3 nitrogen and oxygen atoms in total. The molecule has 5 rings (SSSR count). The molecule has 0 aliphatic carbocycles. The molecule has 3 heterocycles. The van der Waals surface area contributed by atoms with Gasteiger partial charge in [0.1, 0.15) is 5.15 Å². The van der Waals surface area contributed by atoms with Crippen molar-refractivity contribution in [3.63, 3.8) is 0 Å². The van der Waals surface area contributed by atoms with Crippen LogP contribution in [-0.4, -0.2) is 22.3 Å². The van der Waals surface area contributed by atoms with Crippen molar-refractivity contribution < 1.29 is 4.79 Å². The van der Waals surface area contributed by atoms with Crippen LogP contribution in [0.2, 0.25) is 5.15 Å². The SMILES string of the molecule is Cc1ccc2nc(Cl)c3cc(C(=O)N4CCc5ccccc5C4)sc3c2c1. The lowest BCUT2D eigenvalue weighted by Crippen LogP contribution is -2.35. The van der Waals surface area contributed by atoms with Crippen LogP contribution in [0.3, 0.4) is 0 Å². The smallest absolute Gasteiger partial charge is 0.264 e. The lowest BCUT2D eigenvalue weighted by molar-refractivity contribution is 0.0739. The van der Waals surface area contributed by atoms with E-state index < -0.39 is 0 Å². The van der Waals surface area contributed by atoms with Crippen molar-refractivity contribution in [2.45, 2.75) is 19.9 Å². The fourth-order valence-electron chi connectivity index (χ4n) is 3.77. The van der Waals surface area contributed by atoms with E-state index in [1.807, 2.05) is 29.2 Å². The van der Waals surface area contributed by atoms with E-state index in [-0.39, 0.29) is 5.91 Å². The van der Waals surface area contributed by atoms with Gasteiger partial charge in [0.05, 0.1) is 10.4 Å². The predicted molar refractivity (Wildman–Crippen MR) is 112 cm³/mol. The molecule has 27 heavy (non-hydrogen) atoms. The zero-order valence-electron chi connectivity index (χ0n) is 14.8. The van der Waals surface area contributed by atoms with E-state index in [1.54, 1.807) is 0 Å². The Morgan fingerprint density at radius 1 is 1.11 bits per heavy atom. The summed E-state index contributed by atoms with van der Waals surface area (Å²) in [5.41, 5.74) is 4.61. The molecule has 2 aromatic heterocycles. The number of fused-ring (bicyclic) bond motifs is 4. The van der Waals surface area contributed by atoms with Crippen LogP contribution in [0.4, 0.5) is 0 Å². The molecule has 0 N–H and O–H groups in total. The largest absolute Gasteiger partial charge is 0.333 e. The first-order valence-corrected chi connectivity index (χ1v) is 10.1. The van der Waals surface area contributed by atoms with Crippen LogP contribution in [0, 0.1) is 6.92 Å². The molecule has 1 aliphatic rings. The number of nitrogens with zero attached hydrogens (tertiary/aromatic N) is 2.